The summed E-state index contributed by atoms with van der Waals surface area (Å²) in [6, 6.07) is 11.0. The van der Waals surface area contributed by atoms with Crippen molar-refractivity contribution >= 4 is 47.0 Å². The molecular weight excluding hydrogens is 538 g/mol. The summed E-state index contributed by atoms with van der Waals surface area (Å²) < 4.78 is 13.0. The maximum absolute atomic E-state index is 13.0. The first-order chi connectivity index (χ1) is 14.9. The second-order valence-electron chi connectivity index (χ2n) is 9.25. The number of carbonyl (C=O) groups is 2. The van der Waals surface area contributed by atoms with Crippen molar-refractivity contribution in [2.45, 2.75) is 52.6 Å². The molecule has 0 saturated carbocycles. The molecule has 0 spiro atoms. The van der Waals surface area contributed by atoms with Crippen molar-refractivity contribution in [3.05, 3.63) is 47.5 Å². The first-order valence-electron chi connectivity index (χ1n) is 10.2. The molecule has 2 N–H and O–H groups in total. The number of hydrogen-bond acceptors (Lipinski definition) is 4. The van der Waals surface area contributed by atoms with E-state index in [0.29, 0.717) is 22.6 Å². The fraction of sp³-hybridized carbons (Fsp3) is 0.417. The molecule has 2 rings (SSSR count). The monoisotopic (exact) mass is 572 g/mol. The third kappa shape index (κ3) is 7.28. The Bertz CT molecular complexity index is 899. The van der Waals surface area contributed by atoms with Gasteiger partial charge in [0.25, 0.3) is 0 Å². The SMILES string of the molecule is COc1cccc(C(=O)NC(C)(C)C)c1[Se][Se]c1c(OC)cccc1C(=O)NC(C)(C)C. The Labute approximate surface area is 202 Å². The number of amides is 2. The summed E-state index contributed by atoms with van der Waals surface area (Å²) in [7, 11) is 3.22. The van der Waals surface area contributed by atoms with Crippen LogP contribution in [0, 0.1) is 0 Å². The van der Waals surface area contributed by atoms with E-state index in [0.717, 1.165) is 8.92 Å². The van der Waals surface area contributed by atoms with Crippen LogP contribution in [0.25, 0.3) is 0 Å². The van der Waals surface area contributed by atoms with E-state index < -0.39 is 0 Å². The van der Waals surface area contributed by atoms with Crippen LogP contribution in [0.1, 0.15) is 62.3 Å². The van der Waals surface area contributed by atoms with Crippen molar-refractivity contribution in [3.8, 4) is 11.5 Å². The number of nitrogens with one attached hydrogen (secondary N) is 2. The van der Waals surface area contributed by atoms with Crippen LogP contribution < -0.4 is 29.0 Å². The third-order valence-corrected chi connectivity index (χ3v) is 11.3. The van der Waals surface area contributed by atoms with Crippen molar-refractivity contribution in [2.75, 3.05) is 14.2 Å². The first-order valence-corrected chi connectivity index (χ1v) is 16.2. The zero-order chi connectivity index (χ0) is 24.1. The zero-order valence-corrected chi connectivity index (χ0v) is 23.3. The predicted molar refractivity (Wildman–Crippen MR) is 131 cm³/mol. The van der Waals surface area contributed by atoms with Crippen LogP contribution in [-0.2, 0) is 0 Å². The van der Waals surface area contributed by atoms with Gasteiger partial charge in [0, 0.05) is 0 Å². The molecule has 0 saturated heterocycles. The Morgan fingerprint density at radius 3 is 1.31 bits per heavy atom. The molecule has 0 aliphatic heterocycles. The summed E-state index contributed by atoms with van der Waals surface area (Å²) in [5.74, 6) is 1.11. The van der Waals surface area contributed by atoms with E-state index in [-0.39, 0.29) is 49.2 Å². The van der Waals surface area contributed by atoms with Crippen LogP contribution in [0.15, 0.2) is 36.4 Å². The van der Waals surface area contributed by atoms with Crippen molar-refractivity contribution in [1.82, 2.24) is 10.6 Å². The van der Waals surface area contributed by atoms with E-state index >= 15 is 0 Å². The van der Waals surface area contributed by atoms with Gasteiger partial charge < -0.3 is 0 Å². The second-order valence-corrected chi connectivity index (χ2v) is 15.3. The third-order valence-electron chi connectivity index (χ3n) is 4.07. The van der Waals surface area contributed by atoms with E-state index in [1.54, 1.807) is 14.2 Å². The Kier molecular flexibility index (Phi) is 8.83. The van der Waals surface area contributed by atoms with Crippen LogP contribution in [0.3, 0.4) is 0 Å². The molecule has 0 bridgehead atoms. The Hall–Kier alpha value is -1.98. The number of rotatable bonds is 7. The van der Waals surface area contributed by atoms with Crippen molar-refractivity contribution < 1.29 is 19.1 Å². The first kappa shape index (κ1) is 26.3. The van der Waals surface area contributed by atoms with Gasteiger partial charge in [0.05, 0.1) is 0 Å². The van der Waals surface area contributed by atoms with Crippen LogP contribution >= 0.6 is 0 Å². The topological polar surface area (TPSA) is 76.7 Å². The summed E-state index contributed by atoms with van der Waals surface area (Å²) in [4.78, 5) is 26.0. The summed E-state index contributed by atoms with van der Waals surface area (Å²) in [6.45, 7) is 11.7. The molecule has 0 heterocycles. The van der Waals surface area contributed by atoms with Crippen LogP contribution in [-0.4, -0.2) is 63.4 Å². The van der Waals surface area contributed by atoms with E-state index in [4.69, 9.17) is 9.47 Å². The van der Waals surface area contributed by atoms with Gasteiger partial charge in [0.2, 0.25) is 0 Å². The molecule has 6 nitrogen and oxygen atoms in total. The summed E-state index contributed by atoms with van der Waals surface area (Å²) in [6.07, 6.45) is 0. The number of ether oxygens (including phenoxy) is 2. The Morgan fingerprint density at radius 2 is 1.03 bits per heavy atom. The molecule has 0 radical (unpaired) electrons. The summed E-state index contributed by atoms with van der Waals surface area (Å²) in [5.41, 5.74) is 0.515. The molecule has 0 aliphatic carbocycles. The van der Waals surface area contributed by atoms with Crippen molar-refractivity contribution in [2.24, 2.45) is 0 Å². The average molecular weight is 570 g/mol. The molecule has 2 amide bonds. The number of methoxy groups -OCH3 is 2. The Morgan fingerprint density at radius 1 is 0.688 bits per heavy atom. The average Bonchev–Trinajstić information content (AvgIpc) is 2.69. The van der Waals surface area contributed by atoms with Gasteiger partial charge in [-0.2, -0.15) is 0 Å². The summed E-state index contributed by atoms with van der Waals surface area (Å²) >= 11 is -0.259. The van der Waals surface area contributed by atoms with Gasteiger partial charge in [0.15, 0.2) is 0 Å². The molecule has 174 valence electrons. The molecule has 0 aliphatic rings. The Balaban J connectivity index is 2.44. The molecule has 2 aromatic carbocycles. The van der Waals surface area contributed by atoms with Crippen LogP contribution in [0.5, 0.6) is 11.5 Å². The van der Waals surface area contributed by atoms with Gasteiger partial charge in [-0.25, -0.2) is 0 Å². The standard InChI is InChI=1S/C24H32N2O4Se2/c1-23(2,3)25-21(27)15-11-9-13-17(29-7)19(15)31-32-20-16(12-10-14-18(20)30-8)22(28)26-24(4,5)6/h9-14H,1-8H3,(H,25,27)(H,26,28). The van der Waals surface area contributed by atoms with Gasteiger partial charge in [0.1, 0.15) is 0 Å². The number of carbonyl (C=O) groups excluding carboxylic acids is 2. The van der Waals surface area contributed by atoms with Gasteiger partial charge >= 0.3 is 203 Å². The number of hydrogen-bond donors (Lipinski definition) is 2. The fourth-order valence-electron chi connectivity index (χ4n) is 2.78. The normalized spacial score (nSPS) is 11.6. The van der Waals surface area contributed by atoms with E-state index in [9.17, 15) is 9.59 Å². The van der Waals surface area contributed by atoms with Crippen LogP contribution in [0.2, 0.25) is 0 Å². The van der Waals surface area contributed by atoms with Crippen molar-refractivity contribution in [1.29, 1.82) is 0 Å². The van der Waals surface area contributed by atoms with E-state index in [1.807, 2.05) is 77.9 Å². The molecule has 0 atom stereocenters. The van der Waals surface area contributed by atoms with Gasteiger partial charge in [-0.15, -0.1) is 0 Å². The van der Waals surface area contributed by atoms with Gasteiger partial charge in [-0.1, -0.05) is 0 Å². The molecule has 8 heteroatoms. The molecule has 0 fully saturated rings. The van der Waals surface area contributed by atoms with Gasteiger partial charge in [-0.3, -0.25) is 0 Å². The van der Waals surface area contributed by atoms with Crippen molar-refractivity contribution in [3.63, 3.8) is 0 Å². The maximum atomic E-state index is 13.0. The molecule has 0 unspecified atom stereocenters. The predicted octanol–water partition coefficient (Wildman–Crippen LogP) is 2.03. The van der Waals surface area contributed by atoms with E-state index in [2.05, 4.69) is 10.6 Å². The molecular formula is C24H32N2O4Se2. The molecule has 32 heavy (non-hydrogen) atoms. The van der Waals surface area contributed by atoms with Crippen LogP contribution in [0.4, 0.5) is 0 Å². The molecule has 2 aromatic rings. The quantitative estimate of drug-likeness (QED) is 0.500. The number of benzene rings is 2. The zero-order valence-electron chi connectivity index (χ0n) is 19.9. The second kappa shape index (κ2) is 10.8. The van der Waals surface area contributed by atoms with E-state index in [1.165, 1.54) is 0 Å². The molecule has 0 aromatic heterocycles. The van der Waals surface area contributed by atoms with Gasteiger partial charge in [-0.05, 0) is 0 Å². The fourth-order valence-corrected chi connectivity index (χ4v) is 10.7. The minimum atomic E-state index is -0.351. The minimum absolute atomic E-state index is 0.129. The summed E-state index contributed by atoms with van der Waals surface area (Å²) in [5, 5.41) is 6.07.